The van der Waals surface area contributed by atoms with Crippen molar-refractivity contribution in [3.8, 4) is 0 Å². The number of aryl methyl sites for hydroxylation is 2. The first kappa shape index (κ1) is 16.9. The summed E-state index contributed by atoms with van der Waals surface area (Å²) in [5.41, 5.74) is 3.53. The van der Waals surface area contributed by atoms with E-state index >= 15 is 0 Å². The maximum Gasteiger partial charge on any atom is 0.270 e. The van der Waals surface area contributed by atoms with Gasteiger partial charge in [0.2, 0.25) is 5.95 Å². The van der Waals surface area contributed by atoms with Crippen LogP contribution in [-0.2, 0) is 6.54 Å². The van der Waals surface area contributed by atoms with E-state index in [4.69, 9.17) is 0 Å². The molecule has 1 aromatic carbocycles. The molecule has 5 heteroatoms. The molecule has 0 bridgehead atoms. The fourth-order valence-electron chi connectivity index (χ4n) is 2.04. The van der Waals surface area contributed by atoms with Gasteiger partial charge in [0.25, 0.3) is 5.91 Å². The Kier molecular flexibility index (Phi) is 5.68. The Morgan fingerprint density at radius 2 is 1.83 bits per heavy atom. The first-order valence-electron chi connectivity index (χ1n) is 7.87. The average molecular weight is 312 g/mol. The molecule has 0 saturated heterocycles. The summed E-state index contributed by atoms with van der Waals surface area (Å²) in [6, 6.07) is 9.97. The van der Waals surface area contributed by atoms with Crippen LogP contribution in [0.3, 0.4) is 0 Å². The van der Waals surface area contributed by atoms with Crippen LogP contribution in [0.15, 0.2) is 30.3 Å². The summed E-state index contributed by atoms with van der Waals surface area (Å²) in [4.78, 5) is 20.8. The lowest BCUT2D eigenvalue weighted by Crippen LogP contribution is -2.28. The molecule has 2 aromatic rings. The normalized spacial score (nSPS) is 10.7. The largest absolute Gasteiger partial charge is 0.350 e. The zero-order valence-corrected chi connectivity index (χ0v) is 14.2. The van der Waals surface area contributed by atoms with Gasteiger partial charge < -0.3 is 10.6 Å². The van der Waals surface area contributed by atoms with Crippen molar-refractivity contribution >= 4 is 11.9 Å². The van der Waals surface area contributed by atoms with Crippen molar-refractivity contribution in [1.82, 2.24) is 15.3 Å². The minimum Gasteiger partial charge on any atom is -0.350 e. The van der Waals surface area contributed by atoms with Gasteiger partial charge in [0.05, 0.1) is 0 Å². The number of benzene rings is 1. The molecular formula is C18H24N4O. The van der Waals surface area contributed by atoms with Crippen LogP contribution in [0, 0.1) is 19.8 Å². The van der Waals surface area contributed by atoms with Crippen LogP contribution in [0.25, 0.3) is 0 Å². The van der Waals surface area contributed by atoms with Crippen molar-refractivity contribution in [2.75, 3.05) is 11.9 Å². The molecule has 0 aliphatic heterocycles. The van der Waals surface area contributed by atoms with Gasteiger partial charge in [0.1, 0.15) is 5.69 Å². The number of carbonyl (C=O) groups excluding carboxylic acids is 1. The Bertz CT molecular complexity index is 665. The zero-order valence-electron chi connectivity index (χ0n) is 14.2. The second-order valence-corrected chi connectivity index (χ2v) is 6.16. The summed E-state index contributed by atoms with van der Waals surface area (Å²) in [5.74, 6) is 0.712. The van der Waals surface area contributed by atoms with Crippen LogP contribution in [0.4, 0.5) is 5.95 Å². The highest BCUT2D eigenvalue weighted by atomic mass is 16.1. The molecule has 1 amide bonds. The molecule has 1 aromatic heterocycles. The van der Waals surface area contributed by atoms with Crippen molar-refractivity contribution < 1.29 is 4.79 Å². The Balaban J connectivity index is 2.04. The highest BCUT2D eigenvalue weighted by Crippen LogP contribution is 2.09. The molecule has 0 unspecified atom stereocenters. The summed E-state index contributed by atoms with van der Waals surface area (Å²) in [5, 5.41) is 6.06. The molecule has 2 rings (SSSR count). The van der Waals surface area contributed by atoms with Crippen molar-refractivity contribution in [2.45, 2.75) is 34.2 Å². The highest BCUT2D eigenvalue weighted by Gasteiger charge is 2.10. The lowest BCUT2D eigenvalue weighted by molar-refractivity contribution is 0.0944. The van der Waals surface area contributed by atoms with Gasteiger partial charge in [-0.05, 0) is 31.4 Å². The minimum absolute atomic E-state index is 0.164. The second kappa shape index (κ2) is 7.72. The van der Waals surface area contributed by atoms with Crippen LogP contribution < -0.4 is 10.6 Å². The van der Waals surface area contributed by atoms with Crippen LogP contribution in [0.2, 0.25) is 0 Å². The van der Waals surface area contributed by atoms with E-state index in [-0.39, 0.29) is 5.91 Å². The molecule has 1 heterocycles. The van der Waals surface area contributed by atoms with Crippen LogP contribution in [-0.4, -0.2) is 22.4 Å². The van der Waals surface area contributed by atoms with E-state index in [1.807, 2.05) is 6.92 Å². The summed E-state index contributed by atoms with van der Waals surface area (Å²) < 4.78 is 0. The predicted molar refractivity (Wildman–Crippen MR) is 92.4 cm³/mol. The number of hydrogen-bond donors (Lipinski definition) is 2. The van der Waals surface area contributed by atoms with E-state index in [0.29, 0.717) is 30.6 Å². The van der Waals surface area contributed by atoms with Crippen molar-refractivity contribution in [3.05, 3.63) is 52.8 Å². The molecule has 0 fully saturated rings. The SMILES string of the molecule is Cc1ccc(CNc2nc(C)cc(C(=O)NCC(C)C)n2)cc1. The van der Waals surface area contributed by atoms with Crippen molar-refractivity contribution in [3.63, 3.8) is 0 Å². The molecule has 0 saturated carbocycles. The van der Waals surface area contributed by atoms with Crippen LogP contribution in [0.1, 0.15) is 41.2 Å². The van der Waals surface area contributed by atoms with E-state index in [9.17, 15) is 4.79 Å². The highest BCUT2D eigenvalue weighted by molar-refractivity contribution is 5.92. The van der Waals surface area contributed by atoms with Crippen molar-refractivity contribution in [2.24, 2.45) is 5.92 Å². The van der Waals surface area contributed by atoms with Crippen LogP contribution in [0.5, 0.6) is 0 Å². The number of rotatable bonds is 6. The number of amides is 1. The van der Waals surface area contributed by atoms with Gasteiger partial charge in [-0.2, -0.15) is 0 Å². The summed E-state index contributed by atoms with van der Waals surface area (Å²) in [6.07, 6.45) is 0. The zero-order chi connectivity index (χ0) is 16.8. The molecule has 0 atom stereocenters. The van der Waals surface area contributed by atoms with E-state index < -0.39 is 0 Å². The lowest BCUT2D eigenvalue weighted by atomic mass is 10.1. The van der Waals surface area contributed by atoms with E-state index in [1.54, 1.807) is 6.07 Å². The van der Waals surface area contributed by atoms with Gasteiger partial charge in [-0.3, -0.25) is 4.79 Å². The third-order valence-corrected chi connectivity index (χ3v) is 3.33. The third kappa shape index (κ3) is 5.36. The van der Waals surface area contributed by atoms with Gasteiger partial charge in [-0.1, -0.05) is 43.7 Å². The smallest absolute Gasteiger partial charge is 0.270 e. The van der Waals surface area contributed by atoms with Gasteiger partial charge >= 0.3 is 0 Å². The molecule has 23 heavy (non-hydrogen) atoms. The van der Waals surface area contributed by atoms with Gasteiger partial charge in [-0.25, -0.2) is 9.97 Å². The monoisotopic (exact) mass is 312 g/mol. The fourth-order valence-corrected chi connectivity index (χ4v) is 2.04. The van der Waals surface area contributed by atoms with Gasteiger partial charge in [0, 0.05) is 18.8 Å². The molecule has 122 valence electrons. The summed E-state index contributed by atoms with van der Waals surface area (Å²) >= 11 is 0. The number of hydrogen-bond acceptors (Lipinski definition) is 4. The fraction of sp³-hybridized carbons (Fsp3) is 0.389. The number of aromatic nitrogens is 2. The molecular weight excluding hydrogens is 288 g/mol. The van der Waals surface area contributed by atoms with Gasteiger partial charge in [-0.15, -0.1) is 0 Å². The van der Waals surface area contributed by atoms with E-state index in [1.165, 1.54) is 5.56 Å². The number of anilines is 1. The Hall–Kier alpha value is -2.43. The second-order valence-electron chi connectivity index (χ2n) is 6.16. The first-order chi connectivity index (χ1) is 10.9. The standard InChI is InChI=1S/C18H24N4O/c1-12(2)10-19-17(23)16-9-14(4)21-18(22-16)20-11-15-7-5-13(3)6-8-15/h5-9,12H,10-11H2,1-4H3,(H,19,23)(H,20,21,22). The Labute approximate surface area is 137 Å². The molecule has 0 aliphatic carbocycles. The van der Waals surface area contributed by atoms with E-state index in [2.05, 4.69) is 65.6 Å². The minimum atomic E-state index is -0.164. The quantitative estimate of drug-likeness (QED) is 0.860. The predicted octanol–water partition coefficient (Wildman–Crippen LogP) is 3.09. The van der Waals surface area contributed by atoms with Crippen molar-refractivity contribution in [1.29, 1.82) is 0 Å². The number of nitrogens with zero attached hydrogens (tertiary/aromatic N) is 2. The van der Waals surface area contributed by atoms with E-state index in [0.717, 1.165) is 11.3 Å². The Morgan fingerprint density at radius 3 is 2.48 bits per heavy atom. The molecule has 0 radical (unpaired) electrons. The Morgan fingerprint density at radius 1 is 1.13 bits per heavy atom. The maximum atomic E-state index is 12.1. The maximum absolute atomic E-state index is 12.1. The molecule has 0 aliphatic rings. The topological polar surface area (TPSA) is 66.9 Å². The molecule has 0 spiro atoms. The number of carbonyl (C=O) groups is 1. The third-order valence-electron chi connectivity index (χ3n) is 3.33. The first-order valence-corrected chi connectivity index (χ1v) is 7.87. The average Bonchev–Trinajstić information content (AvgIpc) is 2.51. The summed E-state index contributed by atoms with van der Waals surface area (Å²) in [6.45, 7) is 9.28. The van der Waals surface area contributed by atoms with Crippen LogP contribution >= 0.6 is 0 Å². The van der Waals surface area contributed by atoms with Gasteiger partial charge in [0.15, 0.2) is 0 Å². The molecule has 2 N–H and O–H groups in total. The molecule has 5 nitrogen and oxygen atoms in total. The lowest BCUT2D eigenvalue weighted by Gasteiger charge is -2.10. The summed E-state index contributed by atoms with van der Waals surface area (Å²) in [7, 11) is 0. The number of nitrogens with one attached hydrogen (secondary N) is 2.